The van der Waals surface area contributed by atoms with Gasteiger partial charge in [0.15, 0.2) is 0 Å². The summed E-state index contributed by atoms with van der Waals surface area (Å²) in [4.78, 5) is 32.8. The lowest BCUT2D eigenvalue weighted by Crippen LogP contribution is -2.45. The van der Waals surface area contributed by atoms with E-state index in [1.807, 2.05) is 6.92 Å². The predicted octanol–water partition coefficient (Wildman–Crippen LogP) is -1.10. The number of amides is 5. The molecule has 0 radical (unpaired) electrons. The van der Waals surface area contributed by atoms with Crippen LogP contribution in [0, 0.1) is 0 Å². The molecule has 1 atom stereocenters. The fourth-order valence-corrected chi connectivity index (χ4v) is 1.10. The van der Waals surface area contributed by atoms with E-state index in [1.54, 1.807) is 0 Å². The summed E-state index contributed by atoms with van der Waals surface area (Å²) in [6, 6.07) is -1.54. The maximum absolute atomic E-state index is 11.1. The van der Waals surface area contributed by atoms with Crippen LogP contribution in [-0.4, -0.2) is 37.1 Å². The number of imide groups is 1. The van der Waals surface area contributed by atoms with Crippen molar-refractivity contribution in [2.24, 2.45) is 0 Å². The normalized spacial score (nSPS) is 19.4. The van der Waals surface area contributed by atoms with Gasteiger partial charge in [0.2, 0.25) is 0 Å². The Hall–Kier alpha value is -1.79. The lowest BCUT2D eigenvalue weighted by atomic mass is 10.3. The summed E-state index contributed by atoms with van der Waals surface area (Å²) in [6.07, 6.45) is 0.841. The molecule has 15 heavy (non-hydrogen) atoms. The Morgan fingerprint density at radius 2 is 2.13 bits per heavy atom. The van der Waals surface area contributed by atoms with Crippen molar-refractivity contribution in [3.8, 4) is 0 Å². The van der Waals surface area contributed by atoms with E-state index in [9.17, 15) is 14.4 Å². The molecule has 0 aromatic rings. The topological polar surface area (TPSA) is 99.3 Å². The van der Waals surface area contributed by atoms with Crippen molar-refractivity contribution in [1.29, 1.82) is 0 Å². The standard InChI is InChI=1S/C8H14N4O3/c1-2-3-9-7(14)10-4-5-6(13)12-8(15)11-5/h5H,2-4H2,1H3,(H2,9,10,14)(H2,11,12,13,15). The number of carbonyl (C=O) groups excluding carboxylic acids is 3. The largest absolute Gasteiger partial charge is 0.338 e. The first-order chi connectivity index (χ1) is 7.13. The van der Waals surface area contributed by atoms with E-state index in [4.69, 9.17) is 0 Å². The monoisotopic (exact) mass is 214 g/mol. The van der Waals surface area contributed by atoms with E-state index in [2.05, 4.69) is 21.3 Å². The Morgan fingerprint density at radius 1 is 1.40 bits per heavy atom. The van der Waals surface area contributed by atoms with Crippen LogP contribution >= 0.6 is 0 Å². The van der Waals surface area contributed by atoms with Crippen LogP contribution in [0.25, 0.3) is 0 Å². The van der Waals surface area contributed by atoms with Gasteiger partial charge in [0.1, 0.15) is 6.04 Å². The number of rotatable bonds is 4. The number of hydrogen-bond donors (Lipinski definition) is 4. The van der Waals surface area contributed by atoms with Crippen LogP contribution in [0.3, 0.4) is 0 Å². The summed E-state index contributed by atoms with van der Waals surface area (Å²) in [5.41, 5.74) is 0. The minimum absolute atomic E-state index is 0.0904. The van der Waals surface area contributed by atoms with Crippen LogP contribution in [0.15, 0.2) is 0 Å². The molecule has 0 spiro atoms. The van der Waals surface area contributed by atoms with Crippen molar-refractivity contribution in [1.82, 2.24) is 21.3 Å². The SMILES string of the molecule is CCCNC(=O)NCC1NC(=O)NC1=O. The Labute approximate surface area is 87.0 Å². The van der Waals surface area contributed by atoms with Gasteiger partial charge in [-0.15, -0.1) is 0 Å². The lowest BCUT2D eigenvalue weighted by molar-refractivity contribution is -0.120. The van der Waals surface area contributed by atoms with Gasteiger partial charge >= 0.3 is 12.1 Å². The number of urea groups is 2. The Balaban J connectivity index is 2.22. The van der Waals surface area contributed by atoms with E-state index in [1.165, 1.54) is 0 Å². The first kappa shape index (κ1) is 11.3. The van der Waals surface area contributed by atoms with Crippen LogP contribution in [0.4, 0.5) is 9.59 Å². The van der Waals surface area contributed by atoms with Crippen molar-refractivity contribution < 1.29 is 14.4 Å². The lowest BCUT2D eigenvalue weighted by Gasteiger charge is -2.09. The fraction of sp³-hybridized carbons (Fsp3) is 0.625. The molecule has 1 aliphatic rings. The summed E-state index contributed by atoms with van der Waals surface area (Å²) in [7, 11) is 0. The highest BCUT2D eigenvalue weighted by molar-refractivity contribution is 6.04. The van der Waals surface area contributed by atoms with Gasteiger partial charge in [0, 0.05) is 13.1 Å². The van der Waals surface area contributed by atoms with Gasteiger partial charge in [-0.3, -0.25) is 10.1 Å². The molecule has 0 saturated carbocycles. The van der Waals surface area contributed by atoms with Gasteiger partial charge in [-0.25, -0.2) is 9.59 Å². The third-order valence-electron chi connectivity index (χ3n) is 1.86. The van der Waals surface area contributed by atoms with Crippen LogP contribution < -0.4 is 21.3 Å². The molecule has 0 aliphatic carbocycles. The molecule has 1 heterocycles. The average molecular weight is 214 g/mol. The number of carbonyl (C=O) groups is 3. The van der Waals surface area contributed by atoms with E-state index in [0.717, 1.165) is 6.42 Å². The fourth-order valence-electron chi connectivity index (χ4n) is 1.10. The smallest absolute Gasteiger partial charge is 0.322 e. The van der Waals surface area contributed by atoms with Crippen LogP contribution in [0.2, 0.25) is 0 Å². The Bertz CT molecular complexity index is 279. The third kappa shape index (κ3) is 3.45. The van der Waals surface area contributed by atoms with Gasteiger partial charge in [-0.05, 0) is 6.42 Å². The molecular formula is C8H14N4O3. The van der Waals surface area contributed by atoms with Gasteiger partial charge < -0.3 is 16.0 Å². The van der Waals surface area contributed by atoms with Crippen LogP contribution in [0.5, 0.6) is 0 Å². The zero-order valence-electron chi connectivity index (χ0n) is 8.42. The highest BCUT2D eigenvalue weighted by atomic mass is 16.2. The van der Waals surface area contributed by atoms with E-state index in [-0.39, 0.29) is 12.6 Å². The number of nitrogens with one attached hydrogen (secondary N) is 4. The summed E-state index contributed by atoms with van der Waals surface area (Å²) in [5.74, 6) is -0.421. The van der Waals surface area contributed by atoms with E-state index < -0.39 is 18.0 Å². The Morgan fingerprint density at radius 3 is 2.67 bits per heavy atom. The van der Waals surface area contributed by atoms with Crippen molar-refractivity contribution >= 4 is 18.0 Å². The summed E-state index contributed by atoms with van der Waals surface area (Å²) in [5, 5.41) is 9.52. The van der Waals surface area contributed by atoms with Crippen molar-refractivity contribution in [2.45, 2.75) is 19.4 Å². The zero-order chi connectivity index (χ0) is 11.3. The highest BCUT2D eigenvalue weighted by Crippen LogP contribution is 1.90. The van der Waals surface area contributed by atoms with Crippen molar-refractivity contribution in [3.63, 3.8) is 0 Å². The third-order valence-corrected chi connectivity index (χ3v) is 1.86. The minimum Gasteiger partial charge on any atom is -0.338 e. The molecule has 5 amide bonds. The molecule has 0 bridgehead atoms. The average Bonchev–Trinajstić information content (AvgIpc) is 2.51. The molecule has 7 heteroatoms. The van der Waals surface area contributed by atoms with Crippen molar-refractivity contribution in [2.75, 3.05) is 13.1 Å². The summed E-state index contributed by atoms with van der Waals surface area (Å²) in [6.45, 7) is 2.60. The molecule has 0 aromatic carbocycles. The molecule has 4 N–H and O–H groups in total. The zero-order valence-corrected chi connectivity index (χ0v) is 8.42. The Kier molecular flexibility index (Phi) is 3.90. The minimum atomic E-state index is -0.676. The molecule has 1 rings (SSSR count). The van der Waals surface area contributed by atoms with Gasteiger partial charge in [-0.2, -0.15) is 0 Å². The first-order valence-electron chi connectivity index (χ1n) is 4.76. The van der Waals surface area contributed by atoms with Gasteiger partial charge in [0.05, 0.1) is 0 Å². The predicted molar refractivity (Wildman–Crippen MR) is 52.2 cm³/mol. The van der Waals surface area contributed by atoms with E-state index in [0.29, 0.717) is 6.54 Å². The second-order valence-electron chi connectivity index (χ2n) is 3.15. The molecule has 1 saturated heterocycles. The molecular weight excluding hydrogens is 200 g/mol. The molecule has 0 aromatic heterocycles. The quantitative estimate of drug-likeness (QED) is 0.447. The molecule has 84 valence electrons. The summed E-state index contributed by atoms with van der Waals surface area (Å²) >= 11 is 0. The maximum atomic E-state index is 11.1. The molecule has 7 nitrogen and oxygen atoms in total. The summed E-state index contributed by atoms with van der Waals surface area (Å²) < 4.78 is 0. The molecule has 1 unspecified atom stereocenters. The van der Waals surface area contributed by atoms with Crippen LogP contribution in [-0.2, 0) is 4.79 Å². The number of hydrogen-bond acceptors (Lipinski definition) is 3. The van der Waals surface area contributed by atoms with Crippen molar-refractivity contribution in [3.05, 3.63) is 0 Å². The first-order valence-corrected chi connectivity index (χ1v) is 4.76. The second-order valence-corrected chi connectivity index (χ2v) is 3.15. The molecule has 1 fully saturated rings. The highest BCUT2D eigenvalue weighted by Gasteiger charge is 2.29. The maximum Gasteiger partial charge on any atom is 0.322 e. The van der Waals surface area contributed by atoms with Crippen LogP contribution in [0.1, 0.15) is 13.3 Å². The second kappa shape index (κ2) is 5.18. The van der Waals surface area contributed by atoms with E-state index >= 15 is 0 Å². The van der Waals surface area contributed by atoms with Gasteiger partial charge in [-0.1, -0.05) is 6.92 Å². The van der Waals surface area contributed by atoms with Gasteiger partial charge in [0.25, 0.3) is 5.91 Å². The molecule has 1 aliphatic heterocycles.